The van der Waals surface area contributed by atoms with E-state index in [4.69, 9.17) is 0 Å². The minimum absolute atomic E-state index is 0.0765. The summed E-state index contributed by atoms with van der Waals surface area (Å²) in [7, 11) is 0. The van der Waals surface area contributed by atoms with Gasteiger partial charge in [0.1, 0.15) is 16.4 Å². The first kappa shape index (κ1) is 15.6. The topological polar surface area (TPSA) is 73.5 Å². The summed E-state index contributed by atoms with van der Waals surface area (Å²) in [6.45, 7) is 0. The molecule has 1 aliphatic heterocycles. The van der Waals surface area contributed by atoms with Gasteiger partial charge in [0.05, 0.1) is 11.0 Å². The number of hydrogen-bond acceptors (Lipinski definition) is 6. The lowest BCUT2D eigenvalue weighted by atomic mass is 10.2. The fourth-order valence-electron chi connectivity index (χ4n) is 3.65. The van der Waals surface area contributed by atoms with E-state index < -0.39 is 0 Å². The molecule has 2 unspecified atom stereocenters. The number of hydrogen-bond donors (Lipinski definition) is 1. The van der Waals surface area contributed by atoms with Crippen LogP contribution in [0.2, 0.25) is 0 Å². The van der Waals surface area contributed by atoms with E-state index in [1.54, 1.807) is 11.8 Å². The first-order chi connectivity index (χ1) is 13.9. The van der Waals surface area contributed by atoms with Gasteiger partial charge in [-0.15, -0.1) is 10.2 Å². The highest BCUT2D eigenvalue weighted by Gasteiger charge is 2.34. The van der Waals surface area contributed by atoms with Crippen molar-refractivity contribution >= 4 is 39.5 Å². The fraction of sp³-hybridized carbons (Fsp3) is 0.100. The highest BCUT2D eigenvalue weighted by Crippen LogP contribution is 2.48. The van der Waals surface area contributed by atoms with Crippen molar-refractivity contribution in [2.24, 2.45) is 0 Å². The summed E-state index contributed by atoms with van der Waals surface area (Å²) in [5.41, 5.74) is 4.81. The molecule has 1 aliphatic rings. The van der Waals surface area contributed by atoms with Gasteiger partial charge in [0.25, 0.3) is 0 Å². The number of fused-ring (bicyclic) bond motifs is 3. The van der Waals surface area contributed by atoms with E-state index in [1.807, 2.05) is 64.0 Å². The number of rotatable bonds is 2. The molecule has 0 aliphatic carbocycles. The normalized spacial score (nSPS) is 18.9. The van der Waals surface area contributed by atoms with Crippen LogP contribution in [0, 0.1) is 0 Å². The molecule has 0 amide bonds. The van der Waals surface area contributed by atoms with Gasteiger partial charge in [0.15, 0.2) is 6.17 Å². The fourth-order valence-corrected chi connectivity index (χ4v) is 4.89. The summed E-state index contributed by atoms with van der Waals surface area (Å²) in [4.78, 5) is 1.17. The quantitative estimate of drug-likeness (QED) is 0.493. The predicted molar refractivity (Wildman–Crippen MR) is 109 cm³/mol. The molecule has 0 saturated carbocycles. The van der Waals surface area contributed by atoms with E-state index in [0.29, 0.717) is 0 Å². The van der Waals surface area contributed by atoms with Gasteiger partial charge in [-0.1, -0.05) is 58.6 Å². The third-order valence-corrected chi connectivity index (χ3v) is 6.28. The van der Waals surface area contributed by atoms with E-state index in [-0.39, 0.29) is 11.5 Å². The summed E-state index contributed by atoms with van der Waals surface area (Å²) in [5, 5.41) is 21.2. The van der Waals surface area contributed by atoms with Crippen molar-refractivity contribution < 1.29 is 0 Å². The van der Waals surface area contributed by atoms with Crippen molar-refractivity contribution in [1.82, 2.24) is 30.0 Å². The number of thioether (sulfide) groups is 1. The molecule has 7 nitrogen and oxygen atoms in total. The molecule has 6 rings (SSSR count). The Labute approximate surface area is 164 Å². The number of nitrogens with zero attached hydrogens (tertiary/aromatic N) is 6. The van der Waals surface area contributed by atoms with Gasteiger partial charge in [-0.25, -0.2) is 9.36 Å². The second-order valence-electron chi connectivity index (χ2n) is 6.64. The van der Waals surface area contributed by atoms with Crippen LogP contribution in [0.5, 0.6) is 0 Å². The highest BCUT2D eigenvalue weighted by molar-refractivity contribution is 7.99. The molecule has 8 heteroatoms. The maximum Gasteiger partial charge on any atom is 0.155 e. The molecule has 136 valence electrons. The largest absolute Gasteiger partial charge is 0.360 e. The summed E-state index contributed by atoms with van der Waals surface area (Å²) >= 11 is 1.75. The third-order valence-electron chi connectivity index (χ3n) is 4.97. The van der Waals surface area contributed by atoms with Crippen LogP contribution in [0.3, 0.4) is 0 Å². The first-order valence-electron chi connectivity index (χ1n) is 9.00. The number of benzene rings is 3. The Kier molecular flexibility index (Phi) is 3.39. The molecule has 0 fully saturated rings. The van der Waals surface area contributed by atoms with Gasteiger partial charge >= 0.3 is 0 Å². The average molecular weight is 385 g/mol. The van der Waals surface area contributed by atoms with E-state index in [1.165, 1.54) is 4.90 Å². The van der Waals surface area contributed by atoms with Gasteiger partial charge in [0, 0.05) is 10.6 Å². The Morgan fingerprint density at radius 3 is 2.11 bits per heavy atom. The number of anilines is 1. The second-order valence-corrected chi connectivity index (χ2v) is 7.80. The van der Waals surface area contributed by atoms with Crippen LogP contribution >= 0.6 is 11.8 Å². The Bertz CT molecular complexity index is 1210. The monoisotopic (exact) mass is 385 g/mol. The molecular weight excluding hydrogens is 370 g/mol. The zero-order valence-electron chi connectivity index (χ0n) is 14.7. The maximum absolute atomic E-state index is 4.48. The van der Waals surface area contributed by atoms with E-state index in [2.05, 4.69) is 44.1 Å². The lowest BCUT2D eigenvalue weighted by Gasteiger charge is -2.34. The van der Waals surface area contributed by atoms with Gasteiger partial charge in [0.2, 0.25) is 0 Å². The standard InChI is InChI=1S/C20H15N7S/c1-4-10-16-13(7-1)22-24-26(16)19-20(28-18-12-6-3-9-15(18)21-19)27-17-11-5-2-8-14(17)23-25-27/h1-12,19-21H. The van der Waals surface area contributed by atoms with Crippen molar-refractivity contribution in [3.63, 3.8) is 0 Å². The molecule has 1 N–H and O–H groups in total. The van der Waals surface area contributed by atoms with Crippen LogP contribution in [0.25, 0.3) is 22.1 Å². The SMILES string of the molecule is c1ccc2c(c1)NC(n1nnc3ccccc31)C(n1nnc3ccccc31)S2. The lowest BCUT2D eigenvalue weighted by Crippen LogP contribution is -2.31. The number of para-hydroxylation sites is 3. The third kappa shape index (κ3) is 2.31. The summed E-state index contributed by atoms with van der Waals surface area (Å²) in [5.74, 6) is 0. The van der Waals surface area contributed by atoms with Gasteiger partial charge in [-0.05, 0) is 36.4 Å². The summed E-state index contributed by atoms with van der Waals surface area (Å²) in [6, 6.07) is 24.3. The minimum Gasteiger partial charge on any atom is -0.360 e. The molecule has 28 heavy (non-hydrogen) atoms. The van der Waals surface area contributed by atoms with E-state index in [0.717, 1.165) is 27.8 Å². The molecule has 2 aromatic heterocycles. The zero-order chi connectivity index (χ0) is 18.5. The van der Waals surface area contributed by atoms with Gasteiger partial charge < -0.3 is 5.32 Å². The predicted octanol–water partition coefficient (Wildman–Crippen LogP) is 4.09. The lowest BCUT2D eigenvalue weighted by molar-refractivity contribution is 0.402. The Morgan fingerprint density at radius 2 is 1.32 bits per heavy atom. The van der Waals surface area contributed by atoms with E-state index in [9.17, 15) is 0 Å². The first-order valence-corrected chi connectivity index (χ1v) is 9.88. The van der Waals surface area contributed by atoms with Crippen LogP contribution in [0.15, 0.2) is 77.7 Å². The summed E-state index contributed by atoms with van der Waals surface area (Å²) in [6.07, 6.45) is -0.169. The van der Waals surface area contributed by atoms with Crippen LogP contribution in [0.1, 0.15) is 11.5 Å². The molecule has 3 aromatic carbocycles. The average Bonchev–Trinajstić information content (AvgIpc) is 3.37. The molecule has 2 atom stereocenters. The molecule has 0 saturated heterocycles. The number of aromatic nitrogens is 6. The van der Waals surface area contributed by atoms with Crippen molar-refractivity contribution in [3.05, 3.63) is 72.8 Å². The van der Waals surface area contributed by atoms with Crippen molar-refractivity contribution in [1.29, 1.82) is 0 Å². The smallest absolute Gasteiger partial charge is 0.155 e. The molecule has 5 aromatic rings. The highest BCUT2D eigenvalue weighted by atomic mass is 32.2. The Balaban J connectivity index is 1.56. The van der Waals surface area contributed by atoms with Crippen LogP contribution in [-0.4, -0.2) is 30.0 Å². The van der Waals surface area contributed by atoms with Crippen LogP contribution < -0.4 is 5.32 Å². The second kappa shape index (κ2) is 6.07. The van der Waals surface area contributed by atoms with Gasteiger partial charge in [-0.2, -0.15) is 0 Å². The van der Waals surface area contributed by atoms with Crippen LogP contribution in [-0.2, 0) is 0 Å². The van der Waals surface area contributed by atoms with Crippen molar-refractivity contribution in [3.8, 4) is 0 Å². The molecule has 0 radical (unpaired) electrons. The Morgan fingerprint density at radius 1 is 0.714 bits per heavy atom. The summed E-state index contributed by atoms with van der Waals surface area (Å²) < 4.78 is 3.92. The van der Waals surface area contributed by atoms with Crippen molar-refractivity contribution in [2.45, 2.75) is 16.4 Å². The Hall–Kier alpha value is -3.39. The number of nitrogens with one attached hydrogen (secondary N) is 1. The maximum atomic E-state index is 4.48. The molecule has 3 heterocycles. The minimum atomic E-state index is -0.169. The molecule has 0 spiro atoms. The zero-order valence-corrected chi connectivity index (χ0v) is 15.5. The molecule has 0 bridgehead atoms. The van der Waals surface area contributed by atoms with E-state index >= 15 is 0 Å². The van der Waals surface area contributed by atoms with Crippen molar-refractivity contribution in [2.75, 3.05) is 5.32 Å². The molecular formula is C20H15N7S. The van der Waals surface area contributed by atoms with Gasteiger partial charge in [-0.3, -0.25) is 0 Å². The van der Waals surface area contributed by atoms with Crippen LogP contribution in [0.4, 0.5) is 5.69 Å².